The van der Waals surface area contributed by atoms with Gasteiger partial charge in [-0.3, -0.25) is 9.59 Å². The van der Waals surface area contributed by atoms with E-state index in [1.807, 2.05) is 91.0 Å². The lowest BCUT2D eigenvalue weighted by atomic mass is 10.1. The van der Waals surface area contributed by atoms with Crippen molar-refractivity contribution in [2.75, 3.05) is 4.90 Å². The number of rotatable bonds is 5. The number of imidazole rings is 1. The molecule has 32 heavy (non-hydrogen) atoms. The zero-order chi connectivity index (χ0) is 22.5. The predicted molar refractivity (Wildman–Crippen MR) is 126 cm³/mol. The van der Waals surface area contributed by atoms with Crippen LogP contribution < -0.4 is 4.90 Å². The molecule has 1 aromatic heterocycles. The molecule has 0 bridgehead atoms. The molecule has 158 valence electrons. The maximum absolute atomic E-state index is 12.4. The molecule has 0 N–H and O–H groups in total. The molecule has 0 saturated carbocycles. The molecule has 4 aromatic rings. The summed E-state index contributed by atoms with van der Waals surface area (Å²) in [4.78, 5) is 30.6. The third-order valence-corrected chi connectivity index (χ3v) is 4.88. The number of nitrogens with zero attached hydrogens (tertiary/aromatic N) is 4. The predicted octanol–water partition coefficient (Wildman–Crippen LogP) is 5.00. The number of aromatic nitrogens is 2. The summed E-state index contributed by atoms with van der Waals surface area (Å²) in [5.74, 6) is -0.717. The Hall–Kier alpha value is -4.32. The van der Waals surface area contributed by atoms with Crippen LogP contribution in [0.1, 0.15) is 19.4 Å². The lowest BCUT2D eigenvalue weighted by Crippen LogP contribution is -2.35. The van der Waals surface area contributed by atoms with Gasteiger partial charge in [0.05, 0.1) is 6.21 Å². The average Bonchev–Trinajstić information content (AvgIpc) is 3.18. The first-order valence-electron chi connectivity index (χ1n) is 10.2. The molecule has 2 amide bonds. The summed E-state index contributed by atoms with van der Waals surface area (Å²) < 4.78 is 1.56. The summed E-state index contributed by atoms with van der Waals surface area (Å²) in [5, 5.41) is 4.67. The van der Waals surface area contributed by atoms with Gasteiger partial charge in [-0.15, -0.1) is 0 Å². The number of imide groups is 1. The molecule has 4 rings (SSSR count). The maximum atomic E-state index is 12.4. The van der Waals surface area contributed by atoms with Gasteiger partial charge < -0.3 is 0 Å². The van der Waals surface area contributed by atoms with E-state index < -0.39 is 11.8 Å². The number of hydrogen-bond donors (Lipinski definition) is 0. The summed E-state index contributed by atoms with van der Waals surface area (Å²) in [7, 11) is 0. The zero-order valence-corrected chi connectivity index (χ0v) is 17.8. The fraction of sp³-hybridized carbons (Fsp3) is 0.0769. The van der Waals surface area contributed by atoms with Crippen molar-refractivity contribution in [3.05, 3.63) is 96.6 Å². The first-order valence-corrected chi connectivity index (χ1v) is 10.2. The lowest BCUT2D eigenvalue weighted by Gasteiger charge is -2.16. The Bertz CT molecular complexity index is 1250. The largest absolute Gasteiger partial charge is 0.274 e. The minimum atomic E-state index is -0.433. The van der Waals surface area contributed by atoms with Gasteiger partial charge in [0.25, 0.3) is 0 Å². The molecule has 6 nitrogen and oxygen atoms in total. The number of benzene rings is 3. The first-order chi connectivity index (χ1) is 15.6. The van der Waals surface area contributed by atoms with Crippen molar-refractivity contribution < 1.29 is 9.59 Å². The van der Waals surface area contributed by atoms with Crippen LogP contribution in [0.2, 0.25) is 0 Å². The summed E-state index contributed by atoms with van der Waals surface area (Å²) in [6.45, 7) is 2.68. The van der Waals surface area contributed by atoms with Crippen molar-refractivity contribution in [3.63, 3.8) is 0 Å². The van der Waals surface area contributed by atoms with Crippen LogP contribution in [0.3, 0.4) is 0 Å². The molecule has 0 aliphatic carbocycles. The fourth-order valence-electron chi connectivity index (χ4n) is 3.47. The van der Waals surface area contributed by atoms with E-state index in [2.05, 4.69) is 5.10 Å². The van der Waals surface area contributed by atoms with E-state index in [-0.39, 0.29) is 5.95 Å². The Kier molecular flexibility index (Phi) is 6.03. The number of amides is 2. The Labute approximate surface area is 186 Å². The second-order valence-corrected chi connectivity index (χ2v) is 7.18. The average molecular weight is 422 g/mol. The van der Waals surface area contributed by atoms with Gasteiger partial charge in [-0.1, -0.05) is 91.0 Å². The lowest BCUT2D eigenvalue weighted by molar-refractivity contribution is -0.124. The topological polar surface area (TPSA) is 67.6 Å². The second kappa shape index (κ2) is 9.22. The number of hydrogen-bond acceptors (Lipinski definition) is 4. The van der Waals surface area contributed by atoms with Crippen molar-refractivity contribution in [1.82, 2.24) is 9.66 Å². The van der Waals surface area contributed by atoms with Crippen LogP contribution >= 0.6 is 0 Å². The van der Waals surface area contributed by atoms with Crippen molar-refractivity contribution in [1.29, 1.82) is 0 Å². The van der Waals surface area contributed by atoms with Crippen molar-refractivity contribution in [2.24, 2.45) is 5.10 Å². The van der Waals surface area contributed by atoms with Gasteiger partial charge in [0.2, 0.25) is 17.8 Å². The normalized spacial score (nSPS) is 10.9. The van der Waals surface area contributed by atoms with E-state index in [0.717, 1.165) is 21.6 Å². The van der Waals surface area contributed by atoms with E-state index in [9.17, 15) is 9.59 Å². The number of carbonyl (C=O) groups excluding carboxylic acids is 2. The highest BCUT2D eigenvalue weighted by Gasteiger charge is 2.28. The van der Waals surface area contributed by atoms with Crippen LogP contribution in [0.4, 0.5) is 5.95 Å². The Morgan fingerprint density at radius 1 is 0.781 bits per heavy atom. The number of anilines is 1. The molecule has 0 unspecified atom stereocenters. The molecule has 3 aromatic carbocycles. The number of carbonyl (C=O) groups is 2. The van der Waals surface area contributed by atoms with Crippen LogP contribution in [0.25, 0.3) is 22.5 Å². The Balaban J connectivity index is 2.03. The molecule has 0 saturated heterocycles. The van der Waals surface area contributed by atoms with Gasteiger partial charge in [0.1, 0.15) is 11.4 Å². The molecular formula is C26H22N4O2. The molecule has 0 aliphatic rings. The minimum Gasteiger partial charge on any atom is -0.274 e. The van der Waals surface area contributed by atoms with Crippen LogP contribution in [0.15, 0.2) is 96.1 Å². The van der Waals surface area contributed by atoms with Crippen molar-refractivity contribution in [2.45, 2.75) is 13.8 Å². The van der Waals surface area contributed by atoms with E-state index in [0.29, 0.717) is 11.4 Å². The second-order valence-electron chi connectivity index (χ2n) is 7.18. The van der Waals surface area contributed by atoms with E-state index in [1.165, 1.54) is 13.8 Å². The quantitative estimate of drug-likeness (QED) is 0.425. The molecule has 0 atom stereocenters. The maximum Gasteiger partial charge on any atom is 0.241 e. The fourth-order valence-corrected chi connectivity index (χ4v) is 3.47. The zero-order valence-electron chi connectivity index (χ0n) is 17.8. The minimum absolute atomic E-state index is 0.148. The molecule has 0 spiro atoms. The van der Waals surface area contributed by atoms with Gasteiger partial charge >= 0.3 is 0 Å². The third kappa shape index (κ3) is 4.25. The Morgan fingerprint density at radius 3 is 1.81 bits per heavy atom. The van der Waals surface area contributed by atoms with Crippen LogP contribution in [-0.4, -0.2) is 27.7 Å². The smallest absolute Gasteiger partial charge is 0.241 e. The molecule has 0 radical (unpaired) electrons. The van der Waals surface area contributed by atoms with Gasteiger partial charge in [-0.2, -0.15) is 9.78 Å². The summed E-state index contributed by atoms with van der Waals surface area (Å²) in [5.41, 5.74) is 3.91. The molecular weight excluding hydrogens is 400 g/mol. The van der Waals surface area contributed by atoms with E-state index in [4.69, 9.17) is 4.98 Å². The summed E-state index contributed by atoms with van der Waals surface area (Å²) in [6, 6.07) is 28.9. The highest BCUT2D eigenvalue weighted by atomic mass is 16.2. The molecule has 6 heteroatoms. The molecule has 1 heterocycles. The van der Waals surface area contributed by atoms with Gasteiger partial charge in [-0.25, -0.2) is 9.88 Å². The first kappa shape index (κ1) is 20.9. The van der Waals surface area contributed by atoms with Gasteiger partial charge in [0.15, 0.2) is 0 Å². The van der Waals surface area contributed by atoms with Crippen LogP contribution in [0.5, 0.6) is 0 Å². The molecule has 0 fully saturated rings. The van der Waals surface area contributed by atoms with Crippen LogP contribution in [0, 0.1) is 0 Å². The third-order valence-electron chi connectivity index (χ3n) is 4.88. The van der Waals surface area contributed by atoms with E-state index >= 15 is 0 Å². The van der Waals surface area contributed by atoms with Gasteiger partial charge in [-0.05, 0) is 5.56 Å². The van der Waals surface area contributed by atoms with Crippen molar-refractivity contribution in [3.8, 4) is 22.5 Å². The Morgan fingerprint density at radius 2 is 1.28 bits per heavy atom. The highest BCUT2D eigenvalue weighted by Crippen LogP contribution is 2.36. The SMILES string of the molecule is CC(=O)N(C(C)=O)c1nc(-c2ccccc2)c(-c2ccccc2)n1/N=C/c1ccccc1. The summed E-state index contributed by atoms with van der Waals surface area (Å²) >= 11 is 0. The van der Waals surface area contributed by atoms with Crippen LogP contribution in [-0.2, 0) is 9.59 Å². The van der Waals surface area contributed by atoms with E-state index in [1.54, 1.807) is 10.9 Å². The molecule has 0 aliphatic heterocycles. The highest BCUT2D eigenvalue weighted by molar-refractivity contribution is 6.12. The summed E-state index contributed by atoms with van der Waals surface area (Å²) in [6.07, 6.45) is 1.69. The monoisotopic (exact) mass is 422 g/mol. The van der Waals surface area contributed by atoms with Gasteiger partial charge in [0, 0.05) is 25.0 Å². The standard InChI is InChI=1S/C26H22N4O2/c1-19(31)29(20(2)32)26-28-24(22-14-8-4-9-15-22)25(23-16-10-5-11-17-23)30(26)27-18-21-12-6-3-7-13-21/h3-18H,1-2H3/b27-18+. The van der Waals surface area contributed by atoms with Crippen molar-refractivity contribution >= 4 is 24.0 Å².